The second kappa shape index (κ2) is 9.39. The van der Waals surface area contributed by atoms with Crippen molar-refractivity contribution in [2.45, 2.75) is 38.4 Å². The molecule has 0 bridgehead atoms. The zero-order valence-corrected chi connectivity index (χ0v) is 20.2. The van der Waals surface area contributed by atoms with E-state index in [-0.39, 0.29) is 5.24 Å². The summed E-state index contributed by atoms with van der Waals surface area (Å²) in [5.41, 5.74) is 4.89. The molecule has 0 fully saturated rings. The summed E-state index contributed by atoms with van der Waals surface area (Å²) < 4.78 is 5.08. The highest BCUT2D eigenvalue weighted by molar-refractivity contribution is 8.15. The van der Waals surface area contributed by atoms with Gasteiger partial charge in [-0.25, -0.2) is 0 Å². The van der Waals surface area contributed by atoms with Crippen LogP contribution in [0.3, 0.4) is 0 Å². The van der Waals surface area contributed by atoms with Gasteiger partial charge in [0.25, 0.3) is 0 Å². The lowest BCUT2D eigenvalue weighted by Crippen LogP contribution is -2.41. The summed E-state index contributed by atoms with van der Waals surface area (Å²) in [6, 6.07) is 14.2. The number of carbonyl (C=O) groups is 2. The Hall–Kier alpha value is -3.13. The number of hydrogen-bond acceptors (Lipinski definition) is 6. The van der Waals surface area contributed by atoms with Crippen molar-refractivity contribution in [2.24, 2.45) is 10.1 Å². The molecular weight excluding hydrogens is 436 g/mol. The molecule has 2 aromatic carbocycles. The molecule has 0 aliphatic carbocycles. The van der Waals surface area contributed by atoms with Crippen LogP contribution >= 0.6 is 11.8 Å². The maximum absolute atomic E-state index is 12.1. The quantitative estimate of drug-likeness (QED) is 0.364. The third-order valence-corrected chi connectivity index (χ3v) is 6.86. The number of anilines is 1. The van der Waals surface area contributed by atoms with Crippen LogP contribution in [0.1, 0.15) is 43.9 Å². The largest absolute Gasteiger partial charge is 0.496 e. The van der Waals surface area contributed by atoms with E-state index < -0.39 is 4.75 Å². The van der Waals surface area contributed by atoms with Crippen LogP contribution in [-0.4, -0.2) is 53.2 Å². The molecule has 2 aliphatic rings. The summed E-state index contributed by atoms with van der Waals surface area (Å²) in [6.45, 7) is 7.46. The lowest BCUT2D eigenvalue weighted by molar-refractivity contribution is -0.115. The Balaban J connectivity index is 1.77. The van der Waals surface area contributed by atoms with E-state index in [2.05, 4.69) is 22.1 Å². The molecule has 0 N–H and O–H groups in total. The fourth-order valence-electron chi connectivity index (χ4n) is 4.31. The maximum Gasteiger partial charge on any atom is 0.309 e. The molecular formula is C25H28N4O3S. The molecule has 0 saturated carbocycles. The number of aliphatic imine (C=N–C) groups is 1. The van der Waals surface area contributed by atoms with Gasteiger partial charge in [-0.3, -0.25) is 14.6 Å². The second-order valence-electron chi connectivity index (χ2n) is 8.37. The Morgan fingerprint density at radius 3 is 2.79 bits per heavy atom. The van der Waals surface area contributed by atoms with Crippen molar-refractivity contribution in [2.75, 3.05) is 25.1 Å². The molecule has 4 rings (SSSR count). The number of methoxy groups -OCH3 is 1. The van der Waals surface area contributed by atoms with Gasteiger partial charge in [-0.1, -0.05) is 18.2 Å². The Morgan fingerprint density at radius 1 is 1.27 bits per heavy atom. The smallest absolute Gasteiger partial charge is 0.309 e. The zero-order valence-electron chi connectivity index (χ0n) is 19.4. The summed E-state index contributed by atoms with van der Waals surface area (Å²) in [6.07, 6.45) is 2.38. The van der Waals surface area contributed by atoms with Crippen LogP contribution in [0, 0.1) is 0 Å². The first-order valence-electron chi connectivity index (χ1n) is 11.0. The molecule has 0 atom stereocenters. The first kappa shape index (κ1) is 23.0. The molecule has 0 saturated heterocycles. The van der Waals surface area contributed by atoms with Gasteiger partial charge < -0.3 is 9.64 Å². The van der Waals surface area contributed by atoms with Crippen molar-refractivity contribution in [1.82, 2.24) is 5.01 Å². The number of nitrogens with zero attached hydrogens (tertiary/aromatic N) is 4. The van der Waals surface area contributed by atoms with Gasteiger partial charge in [-0.05, 0) is 80.8 Å². The summed E-state index contributed by atoms with van der Waals surface area (Å²) in [7, 11) is 1.68. The standard InChI is InChI=1S/C25H28N4O3S/c1-5-26-23(19-10-6-7-11-21(19)32-4)28-14-8-9-17-15-18(12-13-20(17)28)22-25(2,3)33-24(31)29(16-30)27-22/h6-7,10-13,15-16H,5,8-9,14H2,1-4H3/b26-23-. The third kappa shape index (κ3) is 4.39. The number of hydrazone groups is 1. The average molecular weight is 465 g/mol. The van der Waals surface area contributed by atoms with Crippen molar-refractivity contribution >= 4 is 40.6 Å². The normalized spacial score (nSPS) is 18.0. The van der Waals surface area contributed by atoms with Crippen molar-refractivity contribution in [3.8, 4) is 5.75 Å². The molecule has 33 heavy (non-hydrogen) atoms. The summed E-state index contributed by atoms with van der Waals surface area (Å²) in [4.78, 5) is 30.5. The average Bonchev–Trinajstić information content (AvgIpc) is 2.81. The third-order valence-electron chi connectivity index (χ3n) is 5.79. The topological polar surface area (TPSA) is 74.6 Å². The number of amidine groups is 1. The monoisotopic (exact) mass is 464 g/mol. The van der Waals surface area contributed by atoms with Crippen molar-refractivity contribution < 1.29 is 14.3 Å². The Morgan fingerprint density at radius 2 is 2.06 bits per heavy atom. The van der Waals surface area contributed by atoms with Gasteiger partial charge in [0, 0.05) is 18.8 Å². The minimum atomic E-state index is -0.536. The zero-order chi connectivity index (χ0) is 23.6. The number of imide groups is 1. The summed E-state index contributed by atoms with van der Waals surface area (Å²) in [5, 5.41) is 4.88. The number of rotatable bonds is 5. The lowest BCUT2D eigenvalue weighted by atomic mass is 9.93. The fourth-order valence-corrected chi connectivity index (χ4v) is 5.18. The number of amides is 2. The van der Waals surface area contributed by atoms with E-state index in [1.54, 1.807) is 7.11 Å². The molecule has 2 aromatic rings. The Bertz CT molecular complexity index is 1140. The van der Waals surface area contributed by atoms with E-state index >= 15 is 0 Å². The van der Waals surface area contributed by atoms with Gasteiger partial charge in [-0.15, -0.1) is 0 Å². The van der Waals surface area contributed by atoms with Crippen molar-refractivity contribution in [1.29, 1.82) is 0 Å². The summed E-state index contributed by atoms with van der Waals surface area (Å²) >= 11 is 1.11. The molecule has 2 amide bonds. The number of ether oxygens (including phenoxy) is 1. The number of hydrogen-bond donors (Lipinski definition) is 0. The number of fused-ring (bicyclic) bond motifs is 1. The minimum Gasteiger partial charge on any atom is -0.496 e. The molecule has 2 heterocycles. The van der Waals surface area contributed by atoms with Crippen LogP contribution in [0.5, 0.6) is 5.75 Å². The van der Waals surface area contributed by atoms with Crippen molar-refractivity contribution in [3.63, 3.8) is 0 Å². The van der Waals surface area contributed by atoms with Gasteiger partial charge in [0.15, 0.2) is 0 Å². The summed E-state index contributed by atoms with van der Waals surface area (Å²) in [5.74, 6) is 1.69. The van der Waals surface area contributed by atoms with E-state index in [0.29, 0.717) is 18.7 Å². The molecule has 2 aliphatic heterocycles. The minimum absolute atomic E-state index is 0.361. The van der Waals surface area contributed by atoms with Crippen LogP contribution in [0.4, 0.5) is 10.5 Å². The highest BCUT2D eigenvalue weighted by Crippen LogP contribution is 2.37. The number of thioether (sulfide) groups is 1. The Kier molecular flexibility index (Phi) is 6.56. The van der Waals surface area contributed by atoms with Gasteiger partial charge in [0.05, 0.1) is 23.1 Å². The van der Waals surface area contributed by atoms with Gasteiger partial charge in [0.1, 0.15) is 11.6 Å². The molecule has 0 unspecified atom stereocenters. The molecule has 8 heteroatoms. The van der Waals surface area contributed by atoms with E-state index in [1.165, 1.54) is 5.56 Å². The van der Waals surface area contributed by atoms with E-state index in [4.69, 9.17) is 9.73 Å². The molecule has 0 spiro atoms. The molecule has 7 nitrogen and oxygen atoms in total. The highest BCUT2D eigenvalue weighted by atomic mass is 32.2. The van der Waals surface area contributed by atoms with E-state index in [9.17, 15) is 9.59 Å². The van der Waals surface area contributed by atoms with Gasteiger partial charge in [-0.2, -0.15) is 10.1 Å². The van der Waals surface area contributed by atoms with Crippen LogP contribution in [0.25, 0.3) is 0 Å². The highest BCUT2D eigenvalue weighted by Gasteiger charge is 2.38. The van der Waals surface area contributed by atoms with Gasteiger partial charge >= 0.3 is 5.24 Å². The van der Waals surface area contributed by atoms with Crippen LogP contribution < -0.4 is 9.64 Å². The Labute approximate surface area is 198 Å². The number of carbonyl (C=O) groups excluding carboxylic acids is 2. The molecule has 0 aromatic heterocycles. The number of benzene rings is 2. The number of para-hydroxylation sites is 1. The molecule has 0 radical (unpaired) electrons. The first-order valence-corrected chi connectivity index (χ1v) is 11.9. The van der Waals surface area contributed by atoms with Crippen LogP contribution in [0.2, 0.25) is 0 Å². The fraction of sp³-hybridized carbons (Fsp3) is 0.360. The van der Waals surface area contributed by atoms with E-state index in [0.717, 1.165) is 64.6 Å². The second-order valence-corrected chi connectivity index (χ2v) is 9.95. The van der Waals surface area contributed by atoms with Crippen LogP contribution in [-0.2, 0) is 11.2 Å². The molecule has 172 valence electrons. The van der Waals surface area contributed by atoms with E-state index in [1.807, 2.05) is 51.1 Å². The predicted octanol–water partition coefficient (Wildman–Crippen LogP) is 4.72. The number of aryl methyl sites for hydroxylation is 1. The first-order chi connectivity index (χ1) is 15.9. The van der Waals surface area contributed by atoms with Crippen molar-refractivity contribution in [3.05, 3.63) is 59.2 Å². The lowest BCUT2D eigenvalue weighted by Gasteiger charge is -2.35. The van der Waals surface area contributed by atoms with Crippen LogP contribution in [0.15, 0.2) is 52.6 Å². The maximum atomic E-state index is 12.1. The van der Waals surface area contributed by atoms with Gasteiger partial charge in [0.2, 0.25) is 6.41 Å². The predicted molar refractivity (Wildman–Crippen MR) is 134 cm³/mol. The SMILES string of the molecule is CC/N=C(/c1ccccc1OC)N1CCCc2cc(C3=NN(C=O)C(=O)SC3(C)C)ccc21.